The second kappa shape index (κ2) is 8.54. The van der Waals surface area contributed by atoms with Crippen molar-refractivity contribution in [3.63, 3.8) is 0 Å². The average molecular weight is 394 g/mol. The number of carbonyl (C=O) groups is 1. The number of carbonyl (C=O) groups excluding carboxylic acids is 1. The van der Waals surface area contributed by atoms with Crippen LogP contribution in [-0.2, 0) is 22.5 Å². The normalized spacial score (nSPS) is 15.9. The topological polar surface area (TPSA) is 54.5 Å². The van der Waals surface area contributed by atoms with E-state index >= 15 is 0 Å². The van der Waals surface area contributed by atoms with Gasteiger partial charge in [-0.3, -0.25) is 9.78 Å². The highest BCUT2D eigenvalue weighted by Gasteiger charge is 2.32. The van der Waals surface area contributed by atoms with Gasteiger partial charge in [0.2, 0.25) is 5.91 Å². The number of nitrogens with one attached hydrogen (secondary N) is 1. The molecule has 28 heavy (non-hydrogen) atoms. The summed E-state index contributed by atoms with van der Waals surface area (Å²) in [7, 11) is 1.57. The number of aromatic nitrogens is 1. The molecule has 4 rings (SSSR count). The van der Waals surface area contributed by atoms with Gasteiger partial charge in [0.15, 0.2) is 0 Å². The summed E-state index contributed by atoms with van der Waals surface area (Å²) in [5, 5.41) is 5.54. The van der Waals surface area contributed by atoms with Gasteiger partial charge >= 0.3 is 0 Å². The van der Waals surface area contributed by atoms with E-state index in [4.69, 9.17) is 4.74 Å². The van der Waals surface area contributed by atoms with Gasteiger partial charge in [-0.25, -0.2) is 0 Å². The smallest absolute Gasteiger partial charge is 0.249 e. The van der Waals surface area contributed by atoms with Crippen molar-refractivity contribution >= 4 is 22.9 Å². The first kappa shape index (κ1) is 18.7. The highest BCUT2D eigenvalue weighted by Crippen LogP contribution is 2.38. The summed E-state index contributed by atoms with van der Waals surface area (Å²) in [5.41, 5.74) is 4.54. The number of thiophene rings is 1. The quantitative estimate of drug-likeness (QED) is 0.691. The Bertz CT molecular complexity index is 924. The van der Waals surface area contributed by atoms with Crippen molar-refractivity contribution in [3.05, 3.63) is 81.8 Å². The molecule has 0 aliphatic carbocycles. The van der Waals surface area contributed by atoms with E-state index < -0.39 is 0 Å². The highest BCUT2D eigenvalue weighted by molar-refractivity contribution is 7.10. The van der Waals surface area contributed by atoms with Gasteiger partial charge in [-0.1, -0.05) is 18.2 Å². The molecule has 144 valence electrons. The number of hydrogen-bond acceptors (Lipinski definition) is 5. The van der Waals surface area contributed by atoms with Crippen LogP contribution in [-0.4, -0.2) is 36.1 Å². The van der Waals surface area contributed by atoms with Crippen LogP contribution in [0.3, 0.4) is 0 Å². The van der Waals surface area contributed by atoms with Gasteiger partial charge in [-0.05, 0) is 52.8 Å². The van der Waals surface area contributed by atoms with Gasteiger partial charge in [-0.2, -0.15) is 0 Å². The molecule has 1 aromatic carbocycles. The third-order valence-electron chi connectivity index (χ3n) is 5.00. The van der Waals surface area contributed by atoms with Crippen molar-refractivity contribution in [1.29, 1.82) is 0 Å². The van der Waals surface area contributed by atoms with E-state index in [1.807, 2.05) is 23.2 Å². The number of nitrogens with zero attached hydrogens (tertiary/aromatic N) is 2. The van der Waals surface area contributed by atoms with Crippen LogP contribution >= 0.6 is 11.3 Å². The summed E-state index contributed by atoms with van der Waals surface area (Å²) in [6.07, 6.45) is 4.54. The number of ether oxygens (including phenoxy) is 1. The molecule has 1 aliphatic rings. The van der Waals surface area contributed by atoms with Gasteiger partial charge < -0.3 is 15.0 Å². The first-order valence-corrected chi connectivity index (χ1v) is 10.2. The van der Waals surface area contributed by atoms with E-state index in [1.54, 1.807) is 24.6 Å². The van der Waals surface area contributed by atoms with Crippen LogP contribution in [0.2, 0.25) is 0 Å². The maximum absolute atomic E-state index is 12.6. The predicted molar refractivity (Wildman–Crippen MR) is 111 cm³/mol. The maximum atomic E-state index is 12.6. The molecule has 1 aliphatic heterocycles. The summed E-state index contributed by atoms with van der Waals surface area (Å²) in [6, 6.07) is 14.4. The SMILES string of the molecule is COCC(=O)N1CCc2sccc2C1c1ccc(NCc2cccnc2)cc1. The van der Waals surface area contributed by atoms with E-state index in [0.29, 0.717) is 0 Å². The second-order valence-corrected chi connectivity index (χ2v) is 7.81. The Hall–Kier alpha value is -2.70. The fraction of sp³-hybridized carbons (Fsp3) is 0.273. The lowest BCUT2D eigenvalue weighted by molar-refractivity contribution is -0.137. The van der Waals surface area contributed by atoms with Crippen molar-refractivity contribution in [1.82, 2.24) is 9.88 Å². The van der Waals surface area contributed by atoms with Gasteiger partial charge in [0.1, 0.15) is 6.61 Å². The standard InChI is InChI=1S/C22H23N3O2S/c1-27-15-21(26)25-11-8-20-19(9-12-28-20)22(25)17-4-6-18(7-5-17)24-14-16-3-2-10-23-13-16/h2-7,9-10,12-13,22,24H,8,11,14-15H2,1H3. The molecule has 3 heterocycles. The zero-order chi connectivity index (χ0) is 19.3. The molecule has 3 aromatic rings. The first-order chi connectivity index (χ1) is 13.8. The van der Waals surface area contributed by atoms with Gasteiger partial charge in [0, 0.05) is 43.2 Å². The fourth-order valence-corrected chi connectivity index (χ4v) is 4.54. The Morgan fingerprint density at radius 1 is 1.29 bits per heavy atom. The molecule has 1 N–H and O–H groups in total. The molecule has 0 radical (unpaired) electrons. The number of pyridine rings is 1. The van der Waals surface area contributed by atoms with Crippen LogP contribution in [0.1, 0.15) is 27.6 Å². The maximum Gasteiger partial charge on any atom is 0.249 e. The fourth-order valence-electron chi connectivity index (χ4n) is 3.64. The van der Waals surface area contributed by atoms with Crippen molar-refractivity contribution < 1.29 is 9.53 Å². The minimum atomic E-state index is -0.0509. The van der Waals surface area contributed by atoms with E-state index in [0.717, 1.165) is 36.3 Å². The largest absolute Gasteiger partial charge is 0.381 e. The van der Waals surface area contributed by atoms with Gasteiger partial charge in [-0.15, -0.1) is 11.3 Å². The lowest BCUT2D eigenvalue weighted by Gasteiger charge is -2.36. The molecule has 0 spiro atoms. The number of hydrogen-bond donors (Lipinski definition) is 1. The Labute approximate surface area is 169 Å². The lowest BCUT2D eigenvalue weighted by Crippen LogP contribution is -2.41. The van der Waals surface area contributed by atoms with Crippen LogP contribution < -0.4 is 5.32 Å². The van der Waals surface area contributed by atoms with Gasteiger partial charge in [0.05, 0.1) is 6.04 Å². The minimum Gasteiger partial charge on any atom is -0.381 e. The molecule has 0 saturated heterocycles. The molecule has 5 nitrogen and oxygen atoms in total. The zero-order valence-electron chi connectivity index (χ0n) is 15.8. The number of fused-ring (bicyclic) bond motifs is 1. The lowest BCUT2D eigenvalue weighted by atomic mass is 9.93. The monoisotopic (exact) mass is 393 g/mol. The van der Waals surface area contributed by atoms with Crippen molar-refractivity contribution in [2.45, 2.75) is 19.0 Å². The molecular formula is C22H23N3O2S. The molecule has 2 aromatic heterocycles. The Balaban J connectivity index is 1.54. The van der Waals surface area contributed by atoms with Crippen LogP contribution in [0.25, 0.3) is 0 Å². The number of methoxy groups -OCH3 is 1. The van der Waals surface area contributed by atoms with Crippen LogP contribution in [0.4, 0.5) is 5.69 Å². The summed E-state index contributed by atoms with van der Waals surface area (Å²) < 4.78 is 5.10. The molecule has 6 heteroatoms. The molecule has 1 amide bonds. The summed E-state index contributed by atoms with van der Waals surface area (Å²) >= 11 is 1.77. The van der Waals surface area contributed by atoms with E-state index in [-0.39, 0.29) is 18.6 Å². The molecule has 1 unspecified atom stereocenters. The number of anilines is 1. The summed E-state index contributed by atoms with van der Waals surface area (Å²) in [6.45, 7) is 1.56. The van der Waals surface area contributed by atoms with Crippen molar-refractivity contribution in [2.24, 2.45) is 0 Å². The summed E-state index contributed by atoms with van der Waals surface area (Å²) in [4.78, 5) is 20.1. The molecule has 0 bridgehead atoms. The van der Waals surface area contributed by atoms with Gasteiger partial charge in [0.25, 0.3) is 0 Å². The first-order valence-electron chi connectivity index (χ1n) is 9.33. The van der Waals surface area contributed by atoms with E-state index in [2.05, 4.69) is 46.0 Å². The molecular weight excluding hydrogens is 370 g/mol. The Morgan fingerprint density at radius 2 is 2.14 bits per heavy atom. The number of amides is 1. The number of benzene rings is 1. The highest BCUT2D eigenvalue weighted by atomic mass is 32.1. The predicted octanol–water partition coefficient (Wildman–Crippen LogP) is 3.88. The molecule has 0 saturated carbocycles. The minimum absolute atomic E-state index is 0.0307. The van der Waals surface area contributed by atoms with E-state index in [9.17, 15) is 4.79 Å². The van der Waals surface area contributed by atoms with Crippen molar-refractivity contribution in [3.8, 4) is 0 Å². The van der Waals surface area contributed by atoms with E-state index in [1.165, 1.54) is 10.4 Å². The molecule has 1 atom stereocenters. The number of rotatable bonds is 6. The van der Waals surface area contributed by atoms with Crippen LogP contribution in [0.5, 0.6) is 0 Å². The average Bonchev–Trinajstić information content (AvgIpc) is 3.22. The van der Waals surface area contributed by atoms with Crippen LogP contribution in [0.15, 0.2) is 60.2 Å². The van der Waals surface area contributed by atoms with Crippen LogP contribution in [0, 0.1) is 0 Å². The second-order valence-electron chi connectivity index (χ2n) is 6.81. The summed E-state index contributed by atoms with van der Waals surface area (Å²) in [5.74, 6) is 0.0307. The Morgan fingerprint density at radius 3 is 2.89 bits per heavy atom. The third kappa shape index (κ3) is 3.93. The molecule has 0 fully saturated rings. The Kier molecular flexibility index (Phi) is 5.69. The zero-order valence-corrected chi connectivity index (χ0v) is 16.6. The third-order valence-corrected chi connectivity index (χ3v) is 6.00. The van der Waals surface area contributed by atoms with Crippen molar-refractivity contribution in [2.75, 3.05) is 25.6 Å².